The highest BCUT2D eigenvalue weighted by Crippen LogP contribution is 2.09. The lowest BCUT2D eigenvalue weighted by molar-refractivity contribution is 0.0392. The fourth-order valence-electron chi connectivity index (χ4n) is 2.50. The monoisotopic (exact) mass is 328 g/mol. The largest absolute Gasteiger partial charge is 0.378 e. The minimum Gasteiger partial charge on any atom is -0.378 e. The second-order valence-electron chi connectivity index (χ2n) is 5.70. The maximum absolute atomic E-state index is 5.68. The molecule has 0 aliphatic rings. The Balaban J connectivity index is 1.79. The molecule has 4 nitrogen and oxygen atoms in total. The Kier molecular flexibility index (Phi) is 9.12. The lowest BCUT2D eigenvalue weighted by Gasteiger charge is -2.22. The van der Waals surface area contributed by atoms with E-state index in [0.717, 1.165) is 19.6 Å². The van der Waals surface area contributed by atoms with Crippen molar-refractivity contribution in [1.29, 1.82) is 0 Å². The molecule has 130 valence electrons. The molecule has 0 heterocycles. The molecule has 2 aromatic rings. The van der Waals surface area contributed by atoms with E-state index in [9.17, 15) is 0 Å². The minimum absolute atomic E-state index is 0.557. The molecule has 0 amide bonds. The molecule has 0 spiro atoms. The van der Waals surface area contributed by atoms with Gasteiger partial charge in [-0.15, -0.1) is 0 Å². The molecule has 0 aromatic heterocycles. The zero-order chi connectivity index (χ0) is 16.9. The molecule has 2 aromatic carbocycles. The second kappa shape index (κ2) is 11.8. The van der Waals surface area contributed by atoms with Gasteiger partial charge < -0.3 is 15.2 Å². The van der Waals surface area contributed by atoms with E-state index in [4.69, 9.17) is 15.2 Å². The van der Waals surface area contributed by atoms with Gasteiger partial charge in [-0.05, 0) is 11.1 Å². The van der Waals surface area contributed by atoms with Crippen LogP contribution in [0.3, 0.4) is 0 Å². The summed E-state index contributed by atoms with van der Waals surface area (Å²) in [5.41, 5.74) is 8.02. The van der Waals surface area contributed by atoms with Crippen LogP contribution in [-0.4, -0.2) is 44.4 Å². The van der Waals surface area contributed by atoms with Gasteiger partial charge in [-0.2, -0.15) is 0 Å². The summed E-state index contributed by atoms with van der Waals surface area (Å²) < 4.78 is 11.0. The Bertz CT molecular complexity index is 492. The van der Waals surface area contributed by atoms with Gasteiger partial charge >= 0.3 is 0 Å². The zero-order valence-corrected chi connectivity index (χ0v) is 14.3. The summed E-state index contributed by atoms with van der Waals surface area (Å²) in [6, 6.07) is 21.1. The molecule has 24 heavy (non-hydrogen) atoms. The first-order chi connectivity index (χ1) is 11.9. The van der Waals surface area contributed by atoms with Gasteiger partial charge in [0.25, 0.3) is 0 Å². The number of hydrogen-bond acceptors (Lipinski definition) is 4. The molecular formula is C20H28N2O2. The average molecular weight is 328 g/mol. The molecular weight excluding hydrogens is 300 g/mol. The summed E-state index contributed by atoms with van der Waals surface area (Å²) in [5.74, 6) is 0. The minimum atomic E-state index is 0.557. The second-order valence-corrected chi connectivity index (χ2v) is 5.70. The summed E-state index contributed by atoms with van der Waals surface area (Å²) in [4.78, 5) is 2.41. The smallest absolute Gasteiger partial charge is 0.0701 e. The van der Waals surface area contributed by atoms with Crippen molar-refractivity contribution >= 4 is 0 Å². The molecule has 2 N–H and O–H groups in total. The van der Waals surface area contributed by atoms with E-state index in [1.165, 1.54) is 11.1 Å². The van der Waals surface area contributed by atoms with Crippen molar-refractivity contribution in [2.75, 3.05) is 39.5 Å². The summed E-state index contributed by atoms with van der Waals surface area (Å²) in [7, 11) is 0. The van der Waals surface area contributed by atoms with Crippen molar-refractivity contribution < 1.29 is 9.47 Å². The Labute approximate surface area is 145 Å². The first kappa shape index (κ1) is 18.6. The molecule has 0 saturated heterocycles. The van der Waals surface area contributed by atoms with E-state index in [1.807, 2.05) is 0 Å². The molecule has 0 aliphatic carbocycles. The van der Waals surface area contributed by atoms with E-state index in [1.54, 1.807) is 0 Å². The van der Waals surface area contributed by atoms with Crippen molar-refractivity contribution in [2.24, 2.45) is 5.73 Å². The van der Waals surface area contributed by atoms with Gasteiger partial charge in [0.1, 0.15) is 0 Å². The van der Waals surface area contributed by atoms with Crippen LogP contribution in [0.1, 0.15) is 11.1 Å². The van der Waals surface area contributed by atoms with E-state index in [-0.39, 0.29) is 0 Å². The summed E-state index contributed by atoms with van der Waals surface area (Å²) in [6.07, 6.45) is 0. The van der Waals surface area contributed by atoms with Crippen LogP contribution in [0.5, 0.6) is 0 Å². The summed E-state index contributed by atoms with van der Waals surface area (Å²) in [6.45, 7) is 5.80. The molecule has 4 heteroatoms. The topological polar surface area (TPSA) is 47.7 Å². The number of ether oxygens (including phenoxy) is 2. The molecule has 0 fully saturated rings. The molecule has 0 aliphatic heterocycles. The fraction of sp³-hybridized carbons (Fsp3) is 0.400. The number of benzene rings is 2. The average Bonchev–Trinajstić information content (AvgIpc) is 2.62. The SMILES string of the molecule is NCCOCCOCCN(Cc1ccccc1)Cc1ccccc1. The molecule has 0 atom stereocenters. The number of hydrogen-bond donors (Lipinski definition) is 1. The van der Waals surface area contributed by atoms with Crippen LogP contribution >= 0.6 is 0 Å². The highest BCUT2D eigenvalue weighted by molar-refractivity contribution is 5.17. The Morgan fingerprint density at radius 1 is 0.667 bits per heavy atom. The van der Waals surface area contributed by atoms with Gasteiger partial charge in [-0.25, -0.2) is 0 Å². The van der Waals surface area contributed by atoms with Gasteiger partial charge in [0.15, 0.2) is 0 Å². The third-order valence-electron chi connectivity index (χ3n) is 3.68. The van der Waals surface area contributed by atoms with Crippen molar-refractivity contribution in [3.8, 4) is 0 Å². The molecule has 0 saturated carbocycles. The van der Waals surface area contributed by atoms with Crippen LogP contribution in [-0.2, 0) is 22.6 Å². The van der Waals surface area contributed by atoms with Gasteiger partial charge in [-0.3, -0.25) is 4.90 Å². The van der Waals surface area contributed by atoms with Crippen LogP contribution in [0.4, 0.5) is 0 Å². The molecule has 0 radical (unpaired) electrons. The Morgan fingerprint density at radius 3 is 1.67 bits per heavy atom. The standard InChI is InChI=1S/C20H28N2O2/c21-11-13-23-15-16-24-14-12-22(17-19-7-3-1-4-8-19)18-20-9-5-2-6-10-20/h1-10H,11-18,21H2. The first-order valence-corrected chi connectivity index (χ1v) is 8.54. The number of rotatable bonds is 12. The summed E-state index contributed by atoms with van der Waals surface area (Å²) >= 11 is 0. The molecule has 0 unspecified atom stereocenters. The number of nitrogens with zero attached hydrogens (tertiary/aromatic N) is 1. The van der Waals surface area contributed by atoms with E-state index in [0.29, 0.717) is 33.0 Å². The van der Waals surface area contributed by atoms with Crippen molar-refractivity contribution in [3.63, 3.8) is 0 Å². The van der Waals surface area contributed by atoms with Crippen molar-refractivity contribution in [1.82, 2.24) is 4.90 Å². The fourth-order valence-corrected chi connectivity index (χ4v) is 2.50. The van der Waals surface area contributed by atoms with Crippen molar-refractivity contribution in [2.45, 2.75) is 13.1 Å². The highest BCUT2D eigenvalue weighted by Gasteiger charge is 2.07. The van der Waals surface area contributed by atoms with E-state index >= 15 is 0 Å². The first-order valence-electron chi connectivity index (χ1n) is 8.54. The van der Waals surface area contributed by atoms with E-state index < -0.39 is 0 Å². The molecule has 2 rings (SSSR count). The van der Waals surface area contributed by atoms with Gasteiger partial charge in [0.2, 0.25) is 0 Å². The van der Waals surface area contributed by atoms with Crippen LogP contribution in [0.2, 0.25) is 0 Å². The van der Waals surface area contributed by atoms with Gasteiger partial charge in [0, 0.05) is 26.2 Å². The van der Waals surface area contributed by atoms with Gasteiger partial charge in [0.05, 0.1) is 26.4 Å². The van der Waals surface area contributed by atoms with Crippen molar-refractivity contribution in [3.05, 3.63) is 71.8 Å². The third kappa shape index (κ3) is 7.70. The van der Waals surface area contributed by atoms with Crippen LogP contribution in [0.25, 0.3) is 0 Å². The number of nitrogens with two attached hydrogens (primary N) is 1. The highest BCUT2D eigenvalue weighted by atomic mass is 16.5. The van der Waals surface area contributed by atoms with Crippen LogP contribution in [0.15, 0.2) is 60.7 Å². The van der Waals surface area contributed by atoms with E-state index in [2.05, 4.69) is 65.6 Å². The lowest BCUT2D eigenvalue weighted by Crippen LogP contribution is -2.27. The lowest BCUT2D eigenvalue weighted by atomic mass is 10.1. The van der Waals surface area contributed by atoms with Crippen LogP contribution < -0.4 is 5.73 Å². The molecule has 0 bridgehead atoms. The van der Waals surface area contributed by atoms with Crippen LogP contribution in [0, 0.1) is 0 Å². The maximum atomic E-state index is 5.68. The predicted octanol–water partition coefficient (Wildman–Crippen LogP) is 2.68. The zero-order valence-electron chi connectivity index (χ0n) is 14.3. The summed E-state index contributed by atoms with van der Waals surface area (Å²) in [5, 5.41) is 0. The Morgan fingerprint density at radius 2 is 1.17 bits per heavy atom. The van der Waals surface area contributed by atoms with Gasteiger partial charge in [-0.1, -0.05) is 60.7 Å². The normalized spacial score (nSPS) is 11.1. The Hall–Kier alpha value is -1.72. The quantitative estimate of drug-likeness (QED) is 0.609. The third-order valence-corrected chi connectivity index (χ3v) is 3.68. The predicted molar refractivity (Wildman–Crippen MR) is 97.7 cm³/mol. The maximum Gasteiger partial charge on any atom is 0.0701 e.